The molecule has 1 aliphatic heterocycles. The quantitative estimate of drug-likeness (QED) is 0.688. The fraction of sp³-hybridized carbons (Fsp3) is 0.769. The Morgan fingerprint density at radius 2 is 2.06 bits per heavy atom. The van der Waals surface area contributed by atoms with Crippen molar-refractivity contribution in [1.29, 1.82) is 5.26 Å². The molecule has 1 unspecified atom stereocenters. The third-order valence-electron chi connectivity index (χ3n) is 4.09. The number of likely N-dealkylation sites (tertiary alicyclic amines) is 1. The smallest absolute Gasteiger partial charge is 0.310 e. The van der Waals surface area contributed by atoms with Crippen LogP contribution in [0.15, 0.2) is 0 Å². The van der Waals surface area contributed by atoms with Crippen molar-refractivity contribution in [3.05, 3.63) is 0 Å². The number of rotatable bonds is 2. The lowest BCUT2D eigenvalue weighted by Crippen LogP contribution is -2.41. The van der Waals surface area contributed by atoms with Crippen LogP contribution in [0.4, 0.5) is 0 Å². The van der Waals surface area contributed by atoms with Crippen LogP contribution in [0.2, 0.25) is 0 Å². The van der Waals surface area contributed by atoms with Gasteiger partial charge in [-0.1, -0.05) is 12.8 Å². The number of hydrogen-bond acceptors (Lipinski definition) is 4. The summed E-state index contributed by atoms with van der Waals surface area (Å²) in [6.07, 6.45) is 3.82. The van der Waals surface area contributed by atoms with Gasteiger partial charge < -0.3 is 9.64 Å². The zero-order valence-corrected chi connectivity index (χ0v) is 10.6. The minimum Gasteiger partial charge on any atom is -0.469 e. The van der Waals surface area contributed by atoms with Gasteiger partial charge in [-0.05, 0) is 19.3 Å². The highest BCUT2D eigenvalue weighted by atomic mass is 16.5. The number of amides is 1. The molecule has 5 heteroatoms. The lowest BCUT2D eigenvalue weighted by atomic mass is 9.86. The Balaban J connectivity index is 2.03. The highest BCUT2D eigenvalue weighted by Gasteiger charge is 2.46. The van der Waals surface area contributed by atoms with Gasteiger partial charge in [-0.15, -0.1) is 0 Å². The molecular weight excluding hydrogens is 232 g/mol. The molecule has 1 saturated carbocycles. The zero-order valence-electron chi connectivity index (χ0n) is 10.6. The van der Waals surface area contributed by atoms with Crippen LogP contribution < -0.4 is 0 Å². The Morgan fingerprint density at radius 1 is 1.39 bits per heavy atom. The molecule has 1 aliphatic carbocycles. The van der Waals surface area contributed by atoms with Crippen molar-refractivity contribution in [2.45, 2.75) is 32.1 Å². The minimum absolute atomic E-state index is 0.0890. The van der Waals surface area contributed by atoms with E-state index in [1.54, 1.807) is 4.90 Å². The van der Waals surface area contributed by atoms with Crippen LogP contribution >= 0.6 is 0 Å². The first-order valence-corrected chi connectivity index (χ1v) is 6.41. The summed E-state index contributed by atoms with van der Waals surface area (Å²) in [7, 11) is 1.36. The summed E-state index contributed by atoms with van der Waals surface area (Å²) >= 11 is 0. The standard InChI is InChI=1S/C13H18N2O3/c1-18-11(16)10-4-7-15(8-10)12(17)13(9-14)5-2-3-6-13/h10H,2-8H2,1H3. The molecule has 1 atom stereocenters. The van der Waals surface area contributed by atoms with Gasteiger partial charge in [-0.2, -0.15) is 5.26 Å². The maximum absolute atomic E-state index is 12.4. The third-order valence-corrected chi connectivity index (χ3v) is 4.09. The van der Waals surface area contributed by atoms with Gasteiger partial charge in [0, 0.05) is 13.1 Å². The second kappa shape index (κ2) is 4.97. The molecule has 1 saturated heterocycles. The van der Waals surface area contributed by atoms with E-state index >= 15 is 0 Å². The Hall–Kier alpha value is -1.57. The molecule has 5 nitrogen and oxygen atoms in total. The number of ether oxygens (including phenoxy) is 1. The maximum Gasteiger partial charge on any atom is 0.310 e. The molecular formula is C13H18N2O3. The topological polar surface area (TPSA) is 70.4 Å². The minimum atomic E-state index is -0.828. The fourth-order valence-electron chi connectivity index (χ4n) is 2.96. The Bertz CT molecular complexity index is 394. The van der Waals surface area contributed by atoms with Gasteiger partial charge in [0.05, 0.1) is 19.1 Å². The molecule has 0 bridgehead atoms. The Labute approximate surface area is 107 Å². The molecule has 2 aliphatic rings. The molecule has 1 heterocycles. The predicted octanol–water partition coefficient (Wildman–Crippen LogP) is 1.09. The number of esters is 1. The van der Waals surface area contributed by atoms with E-state index in [4.69, 9.17) is 4.74 Å². The van der Waals surface area contributed by atoms with E-state index in [9.17, 15) is 14.9 Å². The summed E-state index contributed by atoms with van der Waals surface area (Å²) in [4.78, 5) is 25.5. The second-order valence-corrected chi connectivity index (χ2v) is 5.16. The van der Waals surface area contributed by atoms with Crippen LogP contribution in [-0.4, -0.2) is 37.0 Å². The van der Waals surface area contributed by atoms with Gasteiger partial charge in [-0.25, -0.2) is 0 Å². The van der Waals surface area contributed by atoms with Crippen molar-refractivity contribution >= 4 is 11.9 Å². The summed E-state index contributed by atoms with van der Waals surface area (Å²) in [5.41, 5.74) is -0.828. The Kier molecular flexibility index (Phi) is 3.55. The summed E-state index contributed by atoms with van der Waals surface area (Å²) in [5, 5.41) is 9.28. The lowest BCUT2D eigenvalue weighted by Gasteiger charge is -2.26. The van der Waals surface area contributed by atoms with Gasteiger partial charge in [-0.3, -0.25) is 9.59 Å². The maximum atomic E-state index is 12.4. The van der Waals surface area contributed by atoms with E-state index in [0.29, 0.717) is 32.4 Å². The third kappa shape index (κ3) is 2.07. The summed E-state index contributed by atoms with van der Waals surface area (Å²) in [5.74, 6) is -0.576. The largest absolute Gasteiger partial charge is 0.469 e. The van der Waals surface area contributed by atoms with E-state index in [2.05, 4.69) is 6.07 Å². The average Bonchev–Trinajstić information content (AvgIpc) is 3.06. The van der Waals surface area contributed by atoms with Gasteiger partial charge in [0.25, 0.3) is 0 Å². The highest BCUT2D eigenvalue weighted by molar-refractivity contribution is 5.87. The SMILES string of the molecule is COC(=O)C1CCN(C(=O)C2(C#N)CCCC2)C1. The Morgan fingerprint density at radius 3 is 2.61 bits per heavy atom. The van der Waals surface area contributed by atoms with E-state index in [1.165, 1.54) is 7.11 Å². The van der Waals surface area contributed by atoms with Crippen LogP contribution in [0.25, 0.3) is 0 Å². The van der Waals surface area contributed by atoms with E-state index in [1.807, 2.05) is 0 Å². The molecule has 0 aromatic heterocycles. The number of methoxy groups -OCH3 is 1. The fourth-order valence-corrected chi connectivity index (χ4v) is 2.96. The molecule has 98 valence electrons. The molecule has 0 aromatic rings. The molecule has 1 amide bonds. The highest BCUT2D eigenvalue weighted by Crippen LogP contribution is 2.40. The monoisotopic (exact) mass is 250 g/mol. The van der Waals surface area contributed by atoms with Crippen molar-refractivity contribution in [2.75, 3.05) is 20.2 Å². The first-order valence-electron chi connectivity index (χ1n) is 6.41. The summed E-state index contributed by atoms with van der Waals surface area (Å²) in [6.45, 7) is 0.955. The number of hydrogen-bond donors (Lipinski definition) is 0. The zero-order chi connectivity index (χ0) is 13.2. The van der Waals surface area contributed by atoms with Crippen LogP contribution in [0, 0.1) is 22.7 Å². The normalized spacial score (nSPS) is 25.8. The molecule has 18 heavy (non-hydrogen) atoms. The lowest BCUT2D eigenvalue weighted by molar-refractivity contribution is -0.145. The molecule has 2 rings (SSSR count). The average molecular weight is 250 g/mol. The van der Waals surface area contributed by atoms with Gasteiger partial charge >= 0.3 is 5.97 Å². The number of nitriles is 1. The van der Waals surface area contributed by atoms with Crippen LogP contribution in [0.1, 0.15) is 32.1 Å². The number of carbonyl (C=O) groups excluding carboxylic acids is 2. The summed E-state index contributed by atoms with van der Waals surface area (Å²) in [6, 6.07) is 2.20. The first-order chi connectivity index (χ1) is 8.63. The van der Waals surface area contributed by atoms with Crippen LogP contribution in [0.5, 0.6) is 0 Å². The van der Waals surface area contributed by atoms with E-state index in [-0.39, 0.29) is 17.8 Å². The van der Waals surface area contributed by atoms with E-state index < -0.39 is 5.41 Å². The van der Waals surface area contributed by atoms with Crippen LogP contribution in [0.3, 0.4) is 0 Å². The molecule has 0 radical (unpaired) electrons. The first kappa shape index (κ1) is 12.9. The van der Waals surface area contributed by atoms with Crippen molar-refractivity contribution in [1.82, 2.24) is 4.90 Å². The number of nitrogens with zero attached hydrogens (tertiary/aromatic N) is 2. The molecule has 2 fully saturated rings. The van der Waals surface area contributed by atoms with Gasteiger partial charge in [0.2, 0.25) is 5.91 Å². The van der Waals surface area contributed by atoms with Gasteiger partial charge in [0.15, 0.2) is 0 Å². The summed E-state index contributed by atoms with van der Waals surface area (Å²) < 4.78 is 4.70. The molecule has 0 spiro atoms. The predicted molar refractivity (Wildman–Crippen MR) is 63.2 cm³/mol. The molecule has 0 N–H and O–H groups in total. The van der Waals surface area contributed by atoms with Crippen molar-refractivity contribution in [3.8, 4) is 6.07 Å². The second-order valence-electron chi connectivity index (χ2n) is 5.16. The van der Waals surface area contributed by atoms with E-state index in [0.717, 1.165) is 12.8 Å². The van der Waals surface area contributed by atoms with Crippen molar-refractivity contribution in [2.24, 2.45) is 11.3 Å². The van der Waals surface area contributed by atoms with Crippen LogP contribution in [-0.2, 0) is 14.3 Å². The number of carbonyl (C=O) groups is 2. The van der Waals surface area contributed by atoms with Crippen molar-refractivity contribution < 1.29 is 14.3 Å². The van der Waals surface area contributed by atoms with Gasteiger partial charge in [0.1, 0.15) is 5.41 Å². The molecule has 0 aromatic carbocycles. The van der Waals surface area contributed by atoms with Crippen molar-refractivity contribution in [3.63, 3.8) is 0 Å².